The fraction of sp³-hybridized carbons (Fsp3) is 0.333. The van der Waals surface area contributed by atoms with Crippen LogP contribution in [0.2, 0.25) is 0 Å². The van der Waals surface area contributed by atoms with Gasteiger partial charge in [-0.2, -0.15) is 5.26 Å². The van der Waals surface area contributed by atoms with Crippen molar-refractivity contribution >= 4 is 5.97 Å². The van der Waals surface area contributed by atoms with Gasteiger partial charge in [-0.15, -0.1) is 0 Å². The van der Waals surface area contributed by atoms with E-state index in [1.165, 1.54) is 20.3 Å². The van der Waals surface area contributed by atoms with Crippen molar-refractivity contribution in [2.75, 3.05) is 20.8 Å². The summed E-state index contributed by atoms with van der Waals surface area (Å²) in [5, 5.41) is 9.13. The van der Waals surface area contributed by atoms with Gasteiger partial charge in [-0.1, -0.05) is 6.08 Å². The first-order valence-electron chi connectivity index (χ1n) is 6.14. The molecule has 1 rings (SSSR count). The number of hydrogen-bond acceptors (Lipinski definition) is 5. The number of rotatable bonds is 6. The van der Waals surface area contributed by atoms with Gasteiger partial charge >= 0.3 is 5.97 Å². The van der Waals surface area contributed by atoms with Gasteiger partial charge in [0.15, 0.2) is 11.5 Å². The van der Waals surface area contributed by atoms with Crippen molar-refractivity contribution in [1.82, 2.24) is 0 Å². The van der Waals surface area contributed by atoms with Crippen LogP contribution in [-0.4, -0.2) is 26.8 Å². The second-order valence-corrected chi connectivity index (χ2v) is 3.83. The van der Waals surface area contributed by atoms with Gasteiger partial charge < -0.3 is 14.2 Å². The van der Waals surface area contributed by atoms with Crippen molar-refractivity contribution in [3.05, 3.63) is 35.4 Å². The van der Waals surface area contributed by atoms with Gasteiger partial charge in [-0.05, 0) is 25.0 Å². The summed E-state index contributed by atoms with van der Waals surface area (Å²) in [6.07, 6.45) is 3.43. The highest BCUT2D eigenvalue weighted by molar-refractivity contribution is 5.81. The molecular formula is C15H17NO4. The van der Waals surface area contributed by atoms with E-state index in [-0.39, 0.29) is 0 Å². The van der Waals surface area contributed by atoms with E-state index in [0.29, 0.717) is 30.1 Å². The molecular weight excluding hydrogens is 258 g/mol. The lowest BCUT2D eigenvalue weighted by Gasteiger charge is -2.10. The lowest BCUT2D eigenvalue weighted by molar-refractivity contribution is -0.137. The molecule has 0 radical (unpaired) electrons. The Morgan fingerprint density at radius 2 is 1.95 bits per heavy atom. The van der Waals surface area contributed by atoms with Gasteiger partial charge in [0.1, 0.15) is 0 Å². The Labute approximate surface area is 118 Å². The minimum absolute atomic E-state index is 0.336. The van der Waals surface area contributed by atoms with E-state index in [2.05, 4.69) is 6.07 Å². The molecule has 20 heavy (non-hydrogen) atoms. The average Bonchev–Trinajstić information content (AvgIpc) is 2.46. The molecule has 0 spiro atoms. The minimum atomic E-state index is -0.397. The summed E-state index contributed by atoms with van der Waals surface area (Å²) in [7, 11) is 3.04. The standard InChI is InChI=1S/C15H17NO4/c1-4-20-15(17)7-5-6-11-8-13(18-2)14(19-3)9-12(11)10-16/h5,7-9H,4,6H2,1-3H3/b7-5+. The lowest BCUT2D eigenvalue weighted by atomic mass is 10.0. The molecule has 0 bridgehead atoms. The Morgan fingerprint density at radius 3 is 2.50 bits per heavy atom. The molecule has 0 atom stereocenters. The van der Waals surface area contributed by atoms with E-state index in [4.69, 9.17) is 19.5 Å². The topological polar surface area (TPSA) is 68.6 Å². The van der Waals surface area contributed by atoms with Crippen LogP contribution in [0.15, 0.2) is 24.3 Å². The highest BCUT2D eigenvalue weighted by Gasteiger charge is 2.10. The fourth-order valence-corrected chi connectivity index (χ4v) is 1.67. The van der Waals surface area contributed by atoms with Crippen LogP contribution in [0.4, 0.5) is 0 Å². The van der Waals surface area contributed by atoms with Crippen molar-refractivity contribution < 1.29 is 19.0 Å². The third-order valence-electron chi connectivity index (χ3n) is 2.61. The van der Waals surface area contributed by atoms with Gasteiger partial charge in [0.2, 0.25) is 0 Å². The van der Waals surface area contributed by atoms with Gasteiger partial charge in [-0.3, -0.25) is 0 Å². The van der Waals surface area contributed by atoms with Crippen LogP contribution in [-0.2, 0) is 16.0 Å². The first-order valence-corrected chi connectivity index (χ1v) is 6.14. The van der Waals surface area contributed by atoms with Crippen molar-refractivity contribution in [1.29, 1.82) is 5.26 Å². The Bertz CT molecular complexity index is 544. The molecule has 1 aromatic rings. The maximum Gasteiger partial charge on any atom is 0.330 e. The number of esters is 1. The molecule has 0 aliphatic heterocycles. The summed E-state index contributed by atoms with van der Waals surface area (Å²) >= 11 is 0. The number of ether oxygens (including phenoxy) is 3. The fourth-order valence-electron chi connectivity index (χ4n) is 1.67. The molecule has 0 amide bonds. The number of carbonyl (C=O) groups excluding carboxylic acids is 1. The summed E-state index contributed by atoms with van der Waals surface area (Å²) in [5.74, 6) is 0.652. The Balaban J connectivity index is 2.94. The number of allylic oxidation sites excluding steroid dienone is 1. The molecule has 0 fully saturated rings. The third-order valence-corrected chi connectivity index (χ3v) is 2.61. The normalized spacial score (nSPS) is 10.1. The number of carbonyl (C=O) groups is 1. The average molecular weight is 275 g/mol. The van der Waals surface area contributed by atoms with E-state index in [9.17, 15) is 4.79 Å². The van der Waals surface area contributed by atoms with E-state index in [0.717, 1.165) is 5.56 Å². The zero-order valence-corrected chi connectivity index (χ0v) is 11.8. The number of methoxy groups -OCH3 is 2. The summed E-state index contributed by atoms with van der Waals surface area (Å²) in [4.78, 5) is 11.2. The highest BCUT2D eigenvalue weighted by Crippen LogP contribution is 2.30. The van der Waals surface area contributed by atoms with Gasteiger partial charge in [0.05, 0.1) is 32.5 Å². The van der Waals surface area contributed by atoms with Gasteiger partial charge in [0.25, 0.3) is 0 Å². The predicted molar refractivity (Wildman–Crippen MR) is 73.7 cm³/mol. The van der Waals surface area contributed by atoms with Gasteiger partial charge in [0, 0.05) is 12.1 Å². The molecule has 0 saturated carbocycles. The molecule has 0 aromatic heterocycles. The first-order chi connectivity index (χ1) is 9.65. The Kier molecular flexibility index (Phi) is 6.11. The van der Waals surface area contributed by atoms with Crippen LogP contribution in [0.1, 0.15) is 18.1 Å². The second-order valence-electron chi connectivity index (χ2n) is 3.83. The van der Waals surface area contributed by atoms with Crippen molar-refractivity contribution in [2.24, 2.45) is 0 Å². The molecule has 5 heteroatoms. The number of benzene rings is 1. The molecule has 0 N–H and O–H groups in total. The van der Waals surface area contributed by atoms with E-state index in [1.54, 1.807) is 25.1 Å². The van der Waals surface area contributed by atoms with Crippen LogP contribution < -0.4 is 9.47 Å². The Hall–Kier alpha value is -2.48. The zero-order valence-electron chi connectivity index (χ0n) is 11.8. The molecule has 106 valence electrons. The van der Waals surface area contributed by atoms with E-state index < -0.39 is 5.97 Å². The van der Waals surface area contributed by atoms with Crippen LogP contribution in [0.25, 0.3) is 0 Å². The second kappa shape index (κ2) is 7.85. The van der Waals surface area contributed by atoms with Crippen LogP contribution >= 0.6 is 0 Å². The smallest absolute Gasteiger partial charge is 0.330 e. The van der Waals surface area contributed by atoms with Crippen LogP contribution in [0.5, 0.6) is 11.5 Å². The summed E-state index contributed by atoms with van der Waals surface area (Å²) in [6, 6.07) is 5.45. The summed E-state index contributed by atoms with van der Waals surface area (Å²) < 4.78 is 15.1. The Morgan fingerprint density at radius 1 is 1.30 bits per heavy atom. The molecule has 0 saturated heterocycles. The first kappa shape index (κ1) is 15.6. The van der Waals surface area contributed by atoms with Gasteiger partial charge in [-0.25, -0.2) is 4.79 Å². The minimum Gasteiger partial charge on any atom is -0.493 e. The van der Waals surface area contributed by atoms with Crippen molar-refractivity contribution in [3.63, 3.8) is 0 Å². The predicted octanol–water partition coefficient (Wildman–Crippen LogP) is 2.24. The van der Waals surface area contributed by atoms with Crippen molar-refractivity contribution in [2.45, 2.75) is 13.3 Å². The number of nitriles is 1. The zero-order chi connectivity index (χ0) is 15.0. The van der Waals surface area contributed by atoms with Crippen LogP contribution in [0.3, 0.4) is 0 Å². The molecule has 0 aliphatic rings. The quantitative estimate of drug-likeness (QED) is 0.588. The monoisotopic (exact) mass is 275 g/mol. The maximum absolute atomic E-state index is 11.2. The third kappa shape index (κ3) is 4.02. The summed E-state index contributed by atoms with van der Waals surface area (Å²) in [6.45, 7) is 2.08. The molecule has 0 aliphatic carbocycles. The van der Waals surface area contributed by atoms with Crippen LogP contribution in [0, 0.1) is 11.3 Å². The highest BCUT2D eigenvalue weighted by atomic mass is 16.5. The number of nitrogens with zero attached hydrogens (tertiary/aromatic N) is 1. The summed E-state index contributed by atoms with van der Waals surface area (Å²) in [5.41, 5.74) is 1.24. The molecule has 1 aromatic carbocycles. The molecule has 5 nitrogen and oxygen atoms in total. The van der Waals surface area contributed by atoms with Crippen molar-refractivity contribution in [3.8, 4) is 17.6 Å². The number of hydrogen-bond donors (Lipinski definition) is 0. The van der Waals surface area contributed by atoms with E-state index in [1.807, 2.05) is 0 Å². The molecule has 0 unspecified atom stereocenters. The maximum atomic E-state index is 11.2. The SMILES string of the molecule is CCOC(=O)/C=C/Cc1cc(OC)c(OC)cc1C#N. The van der Waals surface area contributed by atoms with E-state index >= 15 is 0 Å². The molecule has 0 heterocycles. The lowest BCUT2D eigenvalue weighted by Crippen LogP contribution is -2.00. The largest absolute Gasteiger partial charge is 0.493 e.